The summed E-state index contributed by atoms with van der Waals surface area (Å²) in [5, 5.41) is 12.3. The SMILES string of the molecule is COCCNC(=O)CSc1nnc(CCc2ccccc2)n1CC(C)C. The molecule has 0 aliphatic carbocycles. The van der Waals surface area contributed by atoms with Crippen LogP contribution in [0.1, 0.15) is 25.2 Å². The van der Waals surface area contributed by atoms with Crippen LogP contribution in [0.15, 0.2) is 35.5 Å². The largest absolute Gasteiger partial charge is 0.383 e. The van der Waals surface area contributed by atoms with Gasteiger partial charge in [0.1, 0.15) is 5.82 Å². The van der Waals surface area contributed by atoms with Crippen LogP contribution in [0.25, 0.3) is 0 Å². The van der Waals surface area contributed by atoms with Crippen molar-refractivity contribution >= 4 is 17.7 Å². The molecule has 1 heterocycles. The lowest BCUT2D eigenvalue weighted by atomic mass is 10.1. The zero-order valence-electron chi connectivity index (χ0n) is 15.8. The van der Waals surface area contributed by atoms with Crippen LogP contribution < -0.4 is 5.32 Å². The number of hydrogen-bond acceptors (Lipinski definition) is 5. The molecule has 2 rings (SSSR count). The average molecular weight is 377 g/mol. The standard InChI is InChI=1S/C19H28N4O2S/c1-15(2)13-23-17(10-9-16-7-5-4-6-8-16)21-22-19(23)26-14-18(24)20-11-12-25-3/h4-8,15H,9-14H2,1-3H3,(H,20,24). The lowest BCUT2D eigenvalue weighted by Crippen LogP contribution is -2.28. The Morgan fingerprint density at radius 3 is 2.69 bits per heavy atom. The fourth-order valence-corrected chi connectivity index (χ4v) is 3.33. The molecule has 26 heavy (non-hydrogen) atoms. The number of carbonyl (C=O) groups excluding carboxylic acids is 1. The van der Waals surface area contributed by atoms with Gasteiger partial charge in [0.25, 0.3) is 0 Å². The number of nitrogens with zero attached hydrogens (tertiary/aromatic N) is 3. The Labute approximate surface area is 159 Å². The number of carbonyl (C=O) groups is 1. The second-order valence-corrected chi connectivity index (χ2v) is 7.46. The number of thioether (sulfide) groups is 1. The van der Waals surface area contributed by atoms with Crippen molar-refractivity contribution in [2.24, 2.45) is 5.92 Å². The number of hydrogen-bond donors (Lipinski definition) is 1. The lowest BCUT2D eigenvalue weighted by molar-refractivity contribution is -0.118. The van der Waals surface area contributed by atoms with Gasteiger partial charge in [-0.3, -0.25) is 4.79 Å². The van der Waals surface area contributed by atoms with Crippen LogP contribution in [0.3, 0.4) is 0 Å². The summed E-state index contributed by atoms with van der Waals surface area (Å²) in [5.41, 5.74) is 1.29. The Hall–Kier alpha value is -1.86. The maximum Gasteiger partial charge on any atom is 0.230 e. The Bertz CT molecular complexity index is 673. The van der Waals surface area contributed by atoms with Gasteiger partial charge in [-0.05, 0) is 17.9 Å². The fraction of sp³-hybridized carbons (Fsp3) is 0.526. The molecule has 0 radical (unpaired) electrons. The van der Waals surface area contributed by atoms with Crippen molar-refractivity contribution in [1.29, 1.82) is 0 Å². The minimum Gasteiger partial charge on any atom is -0.383 e. The van der Waals surface area contributed by atoms with E-state index in [1.54, 1.807) is 7.11 Å². The zero-order valence-corrected chi connectivity index (χ0v) is 16.6. The first kappa shape index (κ1) is 20.5. The quantitative estimate of drug-likeness (QED) is 0.482. The molecule has 0 bridgehead atoms. The molecule has 0 spiro atoms. The molecule has 0 aliphatic heterocycles. The smallest absolute Gasteiger partial charge is 0.230 e. The molecule has 1 amide bonds. The van der Waals surface area contributed by atoms with E-state index in [1.807, 2.05) is 6.07 Å². The molecule has 0 fully saturated rings. The van der Waals surface area contributed by atoms with Crippen LogP contribution in [-0.4, -0.2) is 46.7 Å². The van der Waals surface area contributed by atoms with Gasteiger partial charge in [-0.2, -0.15) is 0 Å². The fourth-order valence-electron chi connectivity index (χ4n) is 2.53. The minimum atomic E-state index is -0.0167. The van der Waals surface area contributed by atoms with E-state index >= 15 is 0 Å². The topological polar surface area (TPSA) is 69.0 Å². The van der Waals surface area contributed by atoms with Gasteiger partial charge in [0, 0.05) is 26.6 Å². The average Bonchev–Trinajstić information content (AvgIpc) is 3.00. The van der Waals surface area contributed by atoms with E-state index < -0.39 is 0 Å². The van der Waals surface area contributed by atoms with Gasteiger partial charge >= 0.3 is 0 Å². The number of rotatable bonds is 11. The van der Waals surface area contributed by atoms with E-state index in [1.165, 1.54) is 17.3 Å². The van der Waals surface area contributed by atoms with E-state index in [0.29, 0.717) is 24.8 Å². The van der Waals surface area contributed by atoms with Crippen molar-refractivity contribution in [2.75, 3.05) is 26.0 Å². The maximum atomic E-state index is 11.9. The van der Waals surface area contributed by atoms with E-state index in [9.17, 15) is 4.79 Å². The summed E-state index contributed by atoms with van der Waals surface area (Å²) < 4.78 is 7.09. The normalized spacial score (nSPS) is 11.1. The molecular weight excluding hydrogens is 348 g/mol. The second-order valence-electron chi connectivity index (χ2n) is 6.52. The molecule has 2 aromatic rings. The monoisotopic (exact) mass is 376 g/mol. The summed E-state index contributed by atoms with van der Waals surface area (Å²) in [7, 11) is 1.62. The predicted octanol–water partition coefficient (Wildman–Crippen LogP) is 2.57. The molecular formula is C19H28N4O2S. The van der Waals surface area contributed by atoms with Crippen molar-refractivity contribution in [3.8, 4) is 0 Å². The van der Waals surface area contributed by atoms with Crippen molar-refractivity contribution in [1.82, 2.24) is 20.1 Å². The van der Waals surface area contributed by atoms with Gasteiger partial charge in [-0.1, -0.05) is 55.9 Å². The van der Waals surface area contributed by atoms with Crippen LogP contribution in [0.2, 0.25) is 0 Å². The highest BCUT2D eigenvalue weighted by Gasteiger charge is 2.15. The van der Waals surface area contributed by atoms with Crippen LogP contribution in [0, 0.1) is 5.92 Å². The van der Waals surface area contributed by atoms with Crippen LogP contribution in [-0.2, 0) is 28.9 Å². The van der Waals surface area contributed by atoms with Crippen LogP contribution in [0.4, 0.5) is 0 Å². The summed E-state index contributed by atoms with van der Waals surface area (Å²) in [4.78, 5) is 11.9. The molecule has 1 aromatic heterocycles. The van der Waals surface area contributed by atoms with E-state index in [-0.39, 0.29) is 5.91 Å². The van der Waals surface area contributed by atoms with Crippen LogP contribution >= 0.6 is 11.8 Å². The number of amides is 1. The van der Waals surface area contributed by atoms with E-state index in [4.69, 9.17) is 4.74 Å². The van der Waals surface area contributed by atoms with Gasteiger partial charge in [-0.15, -0.1) is 10.2 Å². The molecule has 1 aromatic carbocycles. The molecule has 0 unspecified atom stereocenters. The Balaban J connectivity index is 1.97. The number of methoxy groups -OCH3 is 1. The third-order valence-corrected chi connectivity index (χ3v) is 4.75. The van der Waals surface area contributed by atoms with E-state index in [2.05, 4.69) is 58.2 Å². The third kappa shape index (κ3) is 6.80. The highest BCUT2D eigenvalue weighted by Crippen LogP contribution is 2.19. The zero-order chi connectivity index (χ0) is 18.8. The van der Waals surface area contributed by atoms with Gasteiger partial charge in [0.05, 0.1) is 12.4 Å². The number of benzene rings is 1. The Morgan fingerprint density at radius 2 is 2.00 bits per heavy atom. The first-order valence-corrected chi connectivity index (χ1v) is 9.93. The summed E-state index contributed by atoms with van der Waals surface area (Å²) in [6.45, 7) is 6.24. The van der Waals surface area contributed by atoms with Crippen LogP contribution in [0.5, 0.6) is 0 Å². The third-order valence-electron chi connectivity index (χ3n) is 3.78. The molecule has 6 nitrogen and oxygen atoms in total. The molecule has 0 aliphatic rings. The molecule has 0 saturated carbocycles. The molecule has 0 saturated heterocycles. The van der Waals surface area contributed by atoms with Crippen molar-refractivity contribution in [2.45, 2.75) is 38.4 Å². The molecule has 7 heteroatoms. The first-order valence-electron chi connectivity index (χ1n) is 8.94. The summed E-state index contributed by atoms with van der Waals surface area (Å²) in [6, 6.07) is 10.4. The first-order chi connectivity index (χ1) is 12.6. The maximum absolute atomic E-state index is 11.9. The Kier molecular flexibility index (Phi) is 8.64. The lowest BCUT2D eigenvalue weighted by Gasteiger charge is -2.12. The van der Waals surface area contributed by atoms with Gasteiger partial charge < -0.3 is 14.6 Å². The summed E-state index contributed by atoms with van der Waals surface area (Å²) in [5.74, 6) is 1.77. The molecule has 1 N–H and O–H groups in total. The van der Waals surface area contributed by atoms with Gasteiger partial charge in [0.15, 0.2) is 5.16 Å². The summed E-state index contributed by atoms with van der Waals surface area (Å²) in [6.07, 6.45) is 1.77. The molecule has 142 valence electrons. The molecule has 0 atom stereocenters. The van der Waals surface area contributed by atoms with Crippen molar-refractivity contribution < 1.29 is 9.53 Å². The summed E-state index contributed by atoms with van der Waals surface area (Å²) >= 11 is 1.43. The highest BCUT2D eigenvalue weighted by molar-refractivity contribution is 7.99. The highest BCUT2D eigenvalue weighted by atomic mass is 32.2. The Morgan fingerprint density at radius 1 is 1.23 bits per heavy atom. The number of ether oxygens (including phenoxy) is 1. The minimum absolute atomic E-state index is 0.0167. The van der Waals surface area contributed by atoms with Gasteiger partial charge in [0.2, 0.25) is 5.91 Å². The number of aromatic nitrogens is 3. The number of aryl methyl sites for hydroxylation is 2. The van der Waals surface area contributed by atoms with Crippen molar-refractivity contribution in [3.05, 3.63) is 41.7 Å². The number of nitrogens with one attached hydrogen (secondary N) is 1. The van der Waals surface area contributed by atoms with E-state index in [0.717, 1.165) is 30.4 Å². The predicted molar refractivity (Wildman–Crippen MR) is 104 cm³/mol. The van der Waals surface area contributed by atoms with Crippen molar-refractivity contribution in [3.63, 3.8) is 0 Å². The van der Waals surface area contributed by atoms with Gasteiger partial charge in [-0.25, -0.2) is 0 Å². The second kappa shape index (κ2) is 11.0.